The molecule has 1 saturated carbocycles. The summed E-state index contributed by atoms with van der Waals surface area (Å²) in [6, 6.07) is 22.0. The number of carbonyl (C=O) groups is 1. The molecule has 0 saturated heterocycles. The molecule has 0 radical (unpaired) electrons. The molecule has 1 aliphatic carbocycles. The van der Waals surface area contributed by atoms with Crippen LogP contribution < -0.4 is 19.1 Å². The lowest BCUT2D eigenvalue weighted by Gasteiger charge is -2.26. The molecular weight excluding hydrogens is 464 g/mol. The molecule has 1 amide bonds. The normalized spacial score (nSPS) is 13.9. The van der Waals surface area contributed by atoms with Crippen LogP contribution in [0.4, 0.5) is 11.4 Å². The number of carbonyl (C=O) groups excluding carboxylic acids is 1. The molecule has 0 bridgehead atoms. The van der Waals surface area contributed by atoms with Gasteiger partial charge >= 0.3 is 0 Å². The number of sulfonamides is 1. The van der Waals surface area contributed by atoms with Gasteiger partial charge in [-0.2, -0.15) is 0 Å². The van der Waals surface area contributed by atoms with E-state index in [-0.39, 0.29) is 11.0 Å². The summed E-state index contributed by atoms with van der Waals surface area (Å²) >= 11 is 0. The number of hydrogen-bond donors (Lipinski definition) is 1. The Labute approximate surface area is 206 Å². The number of benzene rings is 3. The monoisotopic (exact) mass is 494 g/mol. The summed E-state index contributed by atoms with van der Waals surface area (Å²) < 4.78 is 39.8. The number of rotatable bonds is 10. The van der Waals surface area contributed by atoms with E-state index in [2.05, 4.69) is 5.32 Å². The maximum atomic E-state index is 13.6. The van der Waals surface area contributed by atoms with Crippen molar-refractivity contribution in [3.8, 4) is 11.5 Å². The molecule has 8 heteroatoms. The SMILES string of the molecule is CCOc1ccccc1N(CC(=O)Nc1ccc(OC2CCCC2)cc1)S(=O)(=O)c1ccccc1. The highest BCUT2D eigenvalue weighted by molar-refractivity contribution is 7.92. The van der Waals surface area contributed by atoms with Crippen molar-refractivity contribution in [3.63, 3.8) is 0 Å². The summed E-state index contributed by atoms with van der Waals surface area (Å²) in [5, 5.41) is 2.80. The molecule has 3 aromatic rings. The molecule has 0 heterocycles. The van der Waals surface area contributed by atoms with Gasteiger partial charge in [0.1, 0.15) is 18.0 Å². The topological polar surface area (TPSA) is 84.9 Å². The van der Waals surface area contributed by atoms with Crippen molar-refractivity contribution in [2.45, 2.75) is 43.6 Å². The zero-order chi connectivity index (χ0) is 24.7. The van der Waals surface area contributed by atoms with Crippen molar-refractivity contribution < 1.29 is 22.7 Å². The van der Waals surface area contributed by atoms with Gasteiger partial charge in [0.2, 0.25) is 5.91 Å². The molecule has 1 fully saturated rings. The summed E-state index contributed by atoms with van der Waals surface area (Å²) in [4.78, 5) is 13.1. The molecule has 3 aromatic carbocycles. The average molecular weight is 495 g/mol. The van der Waals surface area contributed by atoms with Gasteiger partial charge in [-0.05, 0) is 81.1 Å². The van der Waals surface area contributed by atoms with Crippen molar-refractivity contribution in [2.75, 3.05) is 22.8 Å². The number of para-hydroxylation sites is 2. The summed E-state index contributed by atoms with van der Waals surface area (Å²) in [7, 11) is -4.03. The Hall–Kier alpha value is -3.52. The zero-order valence-corrected chi connectivity index (χ0v) is 20.5. The molecule has 0 aliphatic heterocycles. The molecule has 0 unspecified atom stereocenters. The van der Waals surface area contributed by atoms with E-state index in [1.807, 2.05) is 19.1 Å². The molecule has 0 aromatic heterocycles. The molecule has 1 aliphatic rings. The van der Waals surface area contributed by atoms with Crippen molar-refractivity contribution >= 4 is 27.3 Å². The van der Waals surface area contributed by atoms with Crippen molar-refractivity contribution in [1.82, 2.24) is 0 Å². The molecule has 4 rings (SSSR count). The predicted octanol–water partition coefficient (Wildman–Crippen LogP) is 5.24. The van der Waals surface area contributed by atoms with Crippen LogP contribution in [0.3, 0.4) is 0 Å². The van der Waals surface area contributed by atoms with Crippen molar-refractivity contribution in [2.24, 2.45) is 0 Å². The Balaban J connectivity index is 1.55. The maximum Gasteiger partial charge on any atom is 0.264 e. The van der Waals surface area contributed by atoms with E-state index in [1.165, 1.54) is 25.0 Å². The van der Waals surface area contributed by atoms with Crippen LogP contribution in [0.1, 0.15) is 32.6 Å². The van der Waals surface area contributed by atoms with Crippen LogP contribution in [0.2, 0.25) is 0 Å². The van der Waals surface area contributed by atoms with Crippen LogP contribution in [0, 0.1) is 0 Å². The Morgan fingerprint density at radius 3 is 2.29 bits per heavy atom. The van der Waals surface area contributed by atoms with Gasteiger partial charge in [-0.25, -0.2) is 8.42 Å². The lowest BCUT2D eigenvalue weighted by atomic mass is 10.2. The van der Waals surface area contributed by atoms with E-state index in [0.717, 1.165) is 22.9 Å². The number of amides is 1. The van der Waals surface area contributed by atoms with E-state index >= 15 is 0 Å². The van der Waals surface area contributed by atoms with Crippen molar-refractivity contribution in [1.29, 1.82) is 0 Å². The molecule has 35 heavy (non-hydrogen) atoms. The molecule has 184 valence electrons. The van der Waals surface area contributed by atoms with Crippen LogP contribution in [-0.2, 0) is 14.8 Å². The molecule has 0 spiro atoms. The predicted molar refractivity (Wildman–Crippen MR) is 137 cm³/mol. The third-order valence-electron chi connectivity index (χ3n) is 5.80. The van der Waals surface area contributed by atoms with Crippen LogP contribution in [0.15, 0.2) is 83.8 Å². The second-order valence-electron chi connectivity index (χ2n) is 8.32. The number of anilines is 2. The first-order valence-corrected chi connectivity index (χ1v) is 13.3. The first-order chi connectivity index (χ1) is 17.0. The van der Waals surface area contributed by atoms with E-state index in [9.17, 15) is 13.2 Å². The second-order valence-corrected chi connectivity index (χ2v) is 10.2. The van der Waals surface area contributed by atoms with Crippen LogP contribution >= 0.6 is 0 Å². The molecular formula is C27H30N2O5S. The van der Waals surface area contributed by atoms with Gasteiger partial charge in [-0.3, -0.25) is 9.10 Å². The quantitative estimate of drug-likeness (QED) is 0.417. The molecule has 1 N–H and O–H groups in total. The summed E-state index contributed by atoms with van der Waals surface area (Å²) in [5.74, 6) is 0.671. The van der Waals surface area contributed by atoms with Gasteiger partial charge < -0.3 is 14.8 Å². The van der Waals surface area contributed by atoms with E-state index in [0.29, 0.717) is 23.7 Å². The Morgan fingerprint density at radius 2 is 1.60 bits per heavy atom. The van der Waals surface area contributed by atoms with Crippen molar-refractivity contribution in [3.05, 3.63) is 78.9 Å². The van der Waals surface area contributed by atoms with E-state index in [1.54, 1.807) is 54.6 Å². The van der Waals surface area contributed by atoms with Crippen LogP contribution in [0.25, 0.3) is 0 Å². The number of nitrogens with zero attached hydrogens (tertiary/aromatic N) is 1. The fourth-order valence-corrected chi connectivity index (χ4v) is 5.56. The number of hydrogen-bond acceptors (Lipinski definition) is 5. The highest BCUT2D eigenvalue weighted by atomic mass is 32.2. The summed E-state index contributed by atoms with van der Waals surface area (Å²) in [6.45, 7) is 1.76. The molecule has 0 atom stereocenters. The fourth-order valence-electron chi connectivity index (χ4n) is 4.11. The minimum Gasteiger partial charge on any atom is -0.492 e. The lowest BCUT2D eigenvalue weighted by Crippen LogP contribution is -2.38. The minimum absolute atomic E-state index is 0.0903. The summed E-state index contributed by atoms with van der Waals surface area (Å²) in [6.07, 6.45) is 4.75. The van der Waals surface area contributed by atoms with Gasteiger partial charge in [-0.1, -0.05) is 30.3 Å². The zero-order valence-electron chi connectivity index (χ0n) is 19.7. The van der Waals surface area contributed by atoms with E-state index in [4.69, 9.17) is 9.47 Å². The lowest BCUT2D eigenvalue weighted by molar-refractivity contribution is -0.114. The molecule has 7 nitrogen and oxygen atoms in total. The Bertz CT molecular complexity index is 1220. The van der Waals surface area contributed by atoms with Gasteiger partial charge in [0.05, 0.1) is 23.3 Å². The Kier molecular flexibility index (Phi) is 7.92. The second kappa shape index (κ2) is 11.3. The average Bonchev–Trinajstić information content (AvgIpc) is 3.38. The van der Waals surface area contributed by atoms with Crippen LogP contribution in [-0.4, -0.2) is 33.6 Å². The highest BCUT2D eigenvalue weighted by Gasteiger charge is 2.29. The largest absolute Gasteiger partial charge is 0.492 e. The van der Waals surface area contributed by atoms with Crippen LogP contribution in [0.5, 0.6) is 11.5 Å². The third kappa shape index (κ3) is 6.14. The summed E-state index contributed by atoms with van der Waals surface area (Å²) in [5.41, 5.74) is 0.859. The highest BCUT2D eigenvalue weighted by Crippen LogP contribution is 2.32. The van der Waals surface area contributed by atoms with Gasteiger partial charge in [-0.15, -0.1) is 0 Å². The minimum atomic E-state index is -4.03. The van der Waals surface area contributed by atoms with Gasteiger partial charge in [0.15, 0.2) is 0 Å². The van der Waals surface area contributed by atoms with Gasteiger partial charge in [0.25, 0.3) is 10.0 Å². The van der Waals surface area contributed by atoms with Gasteiger partial charge in [0, 0.05) is 5.69 Å². The smallest absolute Gasteiger partial charge is 0.264 e. The standard InChI is InChI=1S/C27H30N2O5S/c1-2-33-26-15-9-8-14-25(26)29(35(31,32)24-12-4-3-5-13-24)20-27(30)28-21-16-18-23(19-17-21)34-22-10-6-7-11-22/h3-5,8-9,12-19,22H,2,6-7,10-11,20H2,1H3,(H,28,30). The first kappa shape index (κ1) is 24.6. The Morgan fingerprint density at radius 1 is 0.943 bits per heavy atom. The number of ether oxygens (including phenoxy) is 2. The first-order valence-electron chi connectivity index (χ1n) is 11.8. The third-order valence-corrected chi connectivity index (χ3v) is 7.57. The maximum absolute atomic E-state index is 13.6. The fraction of sp³-hybridized carbons (Fsp3) is 0.296. The number of nitrogens with one attached hydrogen (secondary N) is 1. The van der Waals surface area contributed by atoms with E-state index < -0.39 is 22.5 Å².